The Morgan fingerprint density at radius 2 is 2.05 bits per heavy atom. The first-order valence-corrected chi connectivity index (χ1v) is 6.87. The van der Waals surface area contributed by atoms with Gasteiger partial charge in [0.2, 0.25) is 0 Å². The van der Waals surface area contributed by atoms with E-state index in [9.17, 15) is 14.7 Å². The minimum absolute atomic E-state index is 0.0572. The maximum atomic E-state index is 12.4. The fourth-order valence-electron chi connectivity index (χ4n) is 2.22. The van der Waals surface area contributed by atoms with Crippen molar-refractivity contribution in [3.8, 4) is 0 Å². The molecule has 5 heteroatoms. The van der Waals surface area contributed by atoms with Gasteiger partial charge in [-0.2, -0.15) is 0 Å². The van der Waals surface area contributed by atoms with Gasteiger partial charge >= 0.3 is 5.63 Å². The van der Waals surface area contributed by atoms with E-state index in [4.69, 9.17) is 4.42 Å². The van der Waals surface area contributed by atoms with E-state index in [0.29, 0.717) is 24.1 Å². The van der Waals surface area contributed by atoms with Crippen LogP contribution in [0.1, 0.15) is 29.3 Å². The van der Waals surface area contributed by atoms with Gasteiger partial charge in [-0.25, -0.2) is 4.79 Å². The Balaban J connectivity index is 2.41. The summed E-state index contributed by atoms with van der Waals surface area (Å²) in [7, 11) is 1.61. The minimum Gasteiger partial charge on any atom is -0.422 e. The van der Waals surface area contributed by atoms with Crippen molar-refractivity contribution in [2.24, 2.45) is 0 Å². The van der Waals surface area contributed by atoms with E-state index >= 15 is 0 Å². The van der Waals surface area contributed by atoms with Crippen molar-refractivity contribution in [2.45, 2.75) is 26.4 Å². The van der Waals surface area contributed by atoms with E-state index in [1.165, 1.54) is 4.90 Å². The van der Waals surface area contributed by atoms with Gasteiger partial charge < -0.3 is 14.4 Å². The lowest BCUT2D eigenvalue weighted by Crippen LogP contribution is -2.33. The lowest BCUT2D eigenvalue weighted by molar-refractivity contribution is 0.0764. The highest BCUT2D eigenvalue weighted by atomic mass is 16.4. The second-order valence-electron chi connectivity index (χ2n) is 5.25. The van der Waals surface area contributed by atoms with Crippen LogP contribution in [0.2, 0.25) is 0 Å². The second-order valence-corrected chi connectivity index (χ2v) is 5.25. The number of aliphatic hydroxyl groups is 1. The van der Waals surface area contributed by atoms with Crippen molar-refractivity contribution in [2.75, 3.05) is 13.6 Å². The molecule has 21 heavy (non-hydrogen) atoms. The van der Waals surface area contributed by atoms with Gasteiger partial charge in [0.05, 0.1) is 6.10 Å². The molecule has 1 N–H and O–H groups in total. The summed E-state index contributed by atoms with van der Waals surface area (Å²) in [6, 6.07) is 7.14. The van der Waals surface area contributed by atoms with Gasteiger partial charge in [-0.3, -0.25) is 4.79 Å². The molecular weight excluding hydrogens is 270 g/mol. The summed E-state index contributed by atoms with van der Waals surface area (Å²) in [4.78, 5) is 25.9. The Morgan fingerprint density at radius 3 is 2.71 bits per heavy atom. The molecular formula is C16H19NO4. The molecule has 0 saturated carbocycles. The van der Waals surface area contributed by atoms with Crippen LogP contribution in [0.15, 0.2) is 33.5 Å². The van der Waals surface area contributed by atoms with Crippen LogP contribution in [-0.2, 0) is 0 Å². The molecule has 2 rings (SSSR count). The normalized spacial score (nSPS) is 12.4. The monoisotopic (exact) mass is 289 g/mol. The maximum absolute atomic E-state index is 12.4. The zero-order chi connectivity index (χ0) is 15.6. The van der Waals surface area contributed by atoms with Crippen LogP contribution in [0, 0.1) is 6.92 Å². The number of carbonyl (C=O) groups excluding carboxylic acids is 1. The van der Waals surface area contributed by atoms with Crippen LogP contribution in [0.25, 0.3) is 11.0 Å². The fourth-order valence-corrected chi connectivity index (χ4v) is 2.22. The summed E-state index contributed by atoms with van der Waals surface area (Å²) in [5, 5.41) is 10.0. The molecule has 0 aliphatic heterocycles. The van der Waals surface area contributed by atoms with E-state index in [0.717, 1.165) is 5.39 Å². The van der Waals surface area contributed by atoms with Crippen molar-refractivity contribution in [3.05, 3.63) is 45.8 Å². The Morgan fingerprint density at radius 1 is 1.38 bits per heavy atom. The number of aliphatic hydroxyl groups excluding tert-OH is 1. The van der Waals surface area contributed by atoms with Crippen LogP contribution >= 0.6 is 0 Å². The number of hydrogen-bond donors (Lipinski definition) is 1. The highest BCUT2D eigenvalue weighted by molar-refractivity contribution is 5.99. The van der Waals surface area contributed by atoms with Crippen molar-refractivity contribution in [1.82, 2.24) is 4.90 Å². The fraction of sp³-hybridized carbons (Fsp3) is 0.375. The van der Waals surface area contributed by atoms with Crippen LogP contribution in [0.3, 0.4) is 0 Å². The van der Waals surface area contributed by atoms with Gasteiger partial charge in [-0.05, 0) is 31.9 Å². The Kier molecular flexibility index (Phi) is 4.43. The molecule has 1 aromatic heterocycles. The smallest absolute Gasteiger partial charge is 0.349 e. The molecule has 0 saturated heterocycles. The average molecular weight is 289 g/mol. The molecule has 112 valence electrons. The Hall–Kier alpha value is -2.14. The predicted molar refractivity (Wildman–Crippen MR) is 80.5 cm³/mol. The van der Waals surface area contributed by atoms with Gasteiger partial charge in [0.1, 0.15) is 11.1 Å². The van der Waals surface area contributed by atoms with E-state index in [1.54, 1.807) is 33.0 Å². The predicted octanol–water partition coefficient (Wildman–Crippen LogP) is 1.94. The largest absolute Gasteiger partial charge is 0.422 e. The number of rotatable bonds is 4. The number of para-hydroxylation sites is 1. The molecule has 0 fully saturated rings. The standard InChI is InChI=1S/C16H19NO4/c1-10(18)8-9-17(3)15(19)14-11(2)12-6-4-5-7-13(12)21-16(14)20/h4-7,10,18H,8-9H2,1-3H3. The number of hydrogen-bond acceptors (Lipinski definition) is 4. The molecule has 1 aromatic carbocycles. The first-order chi connectivity index (χ1) is 9.91. The molecule has 0 bridgehead atoms. The molecule has 1 amide bonds. The molecule has 1 unspecified atom stereocenters. The van der Waals surface area contributed by atoms with E-state index in [-0.39, 0.29) is 11.5 Å². The van der Waals surface area contributed by atoms with E-state index in [2.05, 4.69) is 0 Å². The Labute approximate surface area is 122 Å². The van der Waals surface area contributed by atoms with Gasteiger partial charge in [-0.15, -0.1) is 0 Å². The van der Waals surface area contributed by atoms with Crippen molar-refractivity contribution in [3.63, 3.8) is 0 Å². The van der Waals surface area contributed by atoms with Crippen LogP contribution in [-0.4, -0.2) is 35.6 Å². The van der Waals surface area contributed by atoms with Crippen LogP contribution < -0.4 is 5.63 Å². The summed E-state index contributed by atoms with van der Waals surface area (Å²) >= 11 is 0. The molecule has 1 heterocycles. The lowest BCUT2D eigenvalue weighted by atomic mass is 10.1. The third-order valence-electron chi connectivity index (χ3n) is 3.52. The lowest BCUT2D eigenvalue weighted by Gasteiger charge is -2.18. The van der Waals surface area contributed by atoms with Crippen LogP contribution in [0.4, 0.5) is 0 Å². The highest BCUT2D eigenvalue weighted by Gasteiger charge is 2.21. The van der Waals surface area contributed by atoms with E-state index < -0.39 is 11.7 Å². The van der Waals surface area contributed by atoms with E-state index in [1.807, 2.05) is 12.1 Å². The van der Waals surface area contributed by atoms with Crippen LogP contribution in [0.5, 0.6) is 0 Å². The maximum Gasteiger partial charge on any atom is 0.349 e. The number of benzene rings is 1. The SMILES string of the molecule is Cc1c(C(=O)N(C)CCC(C)O)c(=O)oc2ccccc12. The van der Waals surface area contributed by atoms with Gasteiger partial charge in [0.25, 0.3) is 5.91 Å². The number of fused-ring (bicyclic) bond motifs is 1. The second kappa shape index (κ2) is 6.10. The first-order valence-electron chi connectivity index (χ1n) is 6.87. The highest BCUT2D eigenvalue weighted by Crippen LogP contribution is 2.19. The average Bonchev–Trinajstić information content (AvgIpc) is 2.44. The number of carbonyl (C=O) groups is 1. The molecule has 0 radical (unpaired) electrons. The van der Waals surface area contributed by atoms with Crippen molar-refractivity contribution >= 4 is 16.9 Å². The number of nitrogens with zero attached hydrogens (tertiary/aromatic N) is 1. The minimum atomic E-state index is -0.625. The zero-order valence-corrected chi connectivity index (χ0v) is 12.4. The summed E-state index contributed by atoms with van der Waals surface area (Å²) in [5.74, 6) is -0.382. The van der Waals surface area contributed by atoms with Gasteiger partial charge in [-0.1, -0.05) is 18.2 Å². The van der Waals surface area contributed by atoms with Crippen molar-refractivity contribution < 1.29 is 14.3 Å². The number of aryl methyl sites for hydroxylation is 1. The summed E-state index contributed by atoms with van der Waals surface area (Å²) in [5.41, 5.74) is 0.529. The summed E-state index contributed by atoms with van der Waals surface area (Å²) in [6.07, 6.45) is -0.0328. The topological polar surface area (TPSA) is 70.8 Å². The third kappa shape index (κ3) is 3.13. The van der Waals surface area contributed by atoms with Gasteiger partial charge in [0.15, 0.2) is 0 Å². The quantitative estimate of drug-likeness (QED) is 0.873. The van der Waals surface area contributed by atoms with Gasteiger partial charge in [0, 0.05) is 19.0 Å². The zero-order valence-electron chi connectivity index (χ0n) is 12.4. The third-order valence-corrected chi connectivity index (χ3v) is 3.52. The molecule has 2 aromatic rings. The number of amides is 1. The van der Waals surface area contributed by atoms with Crippen molar-refractivity contribution in [1.29, 1.82) is 0 Å². The molecule has 0 aliphatic rings. The molecule has 5 nitrogen and oxygen atoms in total. The Bertz CT molecular complexity index is 718. The molecule has 0 spiro atoms. The molecule has 1 atom stereocenters. The summed E-state index contributed by atoms with van der Waals surface area (Å²) in [6.45, 7) is 3.78. The first kappa shape index (κ1) is 15.3. The molecule has 0 aliphatic carbocycles. The summed E-state index contributed by atoms with van der Waals surface area (Å²) < 4.78 is 5.22.